The third-order valence-corrected chi connectivity index (χ3v) is 19.8. The molecule has 8 heterocycles. The third-order valence-electron chi connectivity index (χ3n) is 19.8. The van der Waals surface area contributed by atoms with Crippen LogP contribution in [0.5, 0.6) is 28.7 Å². The summed E-state index contributed by atoms with van der Waals surface area (Å²) in [4.78, 5) is 68.8. The number of rotatable bonds is 30. The molecule has 3 unspecified atom stereocenters. The Morgan fingerprint density at radius 1 is 0.371 bits per heavy atom. The number of halogens is 11. The van der Waals surface area contributed by atoms with E-state index in [-0.39, 0.29) is 95.7 Å². The van der Waals surface area contributed by atoms with Crippen LogP contribution in [0.1, 0.15) is 170 Å². The van der Waals surface area contributed by atoms with Crippen molar-refractivity contribution in [2.45, 2.75) is 165 Å². The topological polar surface area (TPSA) is 336 Å². The minimum Gasteiger partial charge on any atom is -0.494 e. The first-order valence-corrected chi connectivity index (χ1v) is 39.2. The van der Waals surface area contributed by atoms with Gasteiger partial charge in [-0.25, -0.2) is 68.2 Å². The lowest BCUT2D eigenvalue weighted by Gasteiger charge is -2.24. The van der Waals surface area contributed by atoms with E-state index in [4.69, 9.17) is 46.6 Å². The van der Waals surface area contributed by atoms with Gasteiger partial charge in [0.05, 0.1) is 63.2 Å². The second-order valence-electron chi connectivity index (χ2n) is 31.6. The van der Waals surface area contributed by atoms with Gasteiger partial charge in [0, 0.05) is 62.0 Å². The lowest BCUT2D eigenvalue weighted by atomic mass is 9.98. The number of carbonyl (C=O) groups is 4. The average molecular weight is 1740 g/mol. The molecule has 664 valence electrons. The number of pyridine rings is 4. The van der Waals surface area contributed by atoms with E-state index >= 15 is 0 Å². The highest BCUT2D eigenvalue weighted by Gasteiger charge is 2.31. The van der Waals surface area contributed by atoms with E-state index in [1.54, 1.807) is 99.4 Å². The number of imidazole rings is 4. The molecule has 36 heteroatoms. The number of hydrogen-bond donors (Lipinski definition) is 8. The summed E-state index contributed by atoms with van der Waals surface area (Å²) in [6, 6.07) is 17.8. The number of nitrogens with zero attached hydrogens (tertiary/aromatic N) is 8. The molecule has 124 heavy (non-hydrogen) atoms. The van der Waals surface area contributed by atoms with Crippen molar-refractivity contribution < 1.29 is 91.2 Å². The molecule has 0 saturated carbocycles. The molecule has 0 aliphatic rings. The first-order valence-electron chi connectivity index (χ1n) is 39.2. The summed E-state index contributed by atoms with van der Waals surface area (Å²) in [5.41, 5.74) is 26.4. The number of aryl methyl sites for hydroxylation is 8. The SMILES string of the molecule is CCCC(C)(N)CNC(=O)c1c(C)nc2c(OCc3c(F)ccc(OC)c3F)cc(C)cn12.CC[C@](C)(N)CNC(=O)c1c(C)nc2c(OCc3c(F)cccc3F)cc(C)cn12.Cc1cc(OCc2c(F)ccc(F)c2F)c2nc(C)c(C(=O)NCC(C)(N)CF)n2c1.Cc1cc(OCc2c(F)cccc2F)c2nc(C)c(C(=O)NCC(C)(N)CF)n2c1. The van der Waals surface area contributed by atoms with Gasteiger partial charge in [0.25, 0.3) is 23.6 Å². The van der Waals surface area contributed by atoms with Crippen molar-refractivity contribution in [1.29, 1.82) is 0 Å². The van der Waals surface area contributed by atoms with Crippen LogP contribution in [0.4, 0.5) is 48.3 Å². The number of hydrogen-bond acceptors (Lipinski definition) is 17. The Hall–Kier alpha value is -12.4. The molecule has 0 bridgehead atoms. The van der Waals surface area contributed by atoms with Crippen LogP contribution in [0.15, 0.2) is 110 Å². The summed E-state index contributed by atoms with van der Waals surface area (Å²) in [5.74, 6) is -8.45. The van der Waals surface area contributed by atoms with E-state index in [0.29, 0.717) is 93.7 Å². The second-order valence-corrected chi connectivity index (χ2v) is 31.6. The van der Waals surface area contributed by atoms with Gasteiger partial charge >= 0.3 is 0 Å². The van der Waals surface area contributed by atoms with Crippen LogP contribution in [-0.2, 0) is 26.4 Å². The van der Waals surface area contributed by atoms with E-state index in [2.05, 4.69) is 41.2 Å². The molecule has 0 aliphatic heterocycles. The molecule has 0 fully saturated rings. The summed E-state index contributed by atoms with van der Waals surface area (Å²) < 4.78 is 185. The Morgan fingerprint density at radius 2 is 0.637 bits per heavy atom. The van der Waals surface area contributed by atoms with Crippen LogP contribution >= 0.6 is 0 Å². The largest absolute Gasteiger partial charge is 0.494 e. The maximum atomic E-state index is 14.5. The standard InChI is InChI=1S/C24H30F2N4O3.C22H26F2N4O2.C21H22F4N4O2.C21H23F3N4O2/c1-6-9-24(4,27)13-28-23(31)21-15(3)29-22-19(10-14(2)11-30(21)22)33-12-16-17(25)7-8-18(32-5)20(16)26;1-5-22(4,25)12-26-21(29)19-14(3)27-20-18(9-13(2)10-28(19)20)30-11-15-16(23)7-6-8-17(15)24;1-11-6-16(31-8-13-14(23)4-5-15(24)17(13)25)19-28-12(2)18(29(19)7-11)20(30)27-10-21(3,26)9-22;1-12-7-17(30-9-14-15(23)5-4-6-16(14)24)19-27-13(2)18(28(19)8-12)20(29)26-11-21(3,25)10-22/h7-8,10-11H,6,9,12-13,27H2,1-5H3,(H,28,31);6-10H,5,11-12,25H2,1-4H3,(H,26,29);4-7H,8-10,26H2,1-3H3,(H,27,30);4-8H,9-11,25H2,1-3H3,(H,26,29)/t;22-;;/m.0../s1. The Bertz CT molecular complexity index is 5710. The van der Waals surface area contributed by atoms with E-state index in [1.165, 1.54) is 60.1 Å². The van der Waals surface area contributed by atoms with Crippen LogP contribution in [-0.4, -0.2) is 130 Å². The first kappa shape index (κ1) is 95.4. The number of aromatic nitrogens is 8. The second kappa shape index (κ2) is 40.3. The lowest BCUT2D eigenvalue weighted by molar-refractivity contribution is 0.0927. The van der Waals surface area contributed by atoms with Gasteiger partial charge in [-0.3, -0.25) is 36.8 Å². The van der Waals surface area contributed by atoms with Gasteiger partial charge in [0.15, 0.2) is 68.8 Å². The molecule has 12 aromatic rings. The summed E-state index contributed by atoms with van der Waals surface area (Å²) in [6.45, 7) is 21.9. The Kier molecular flexibility index (Phi) is 31.0. The molecule has 12 N–H and O–H groups in total. The van der Waals surface area contributed by atoms with Crippen molar-refractivity contribution in [3.05, 3.63) is 252 Å². The van der Waals surface area contributed by atoms with Crippen molar-refractivity contribution in [3.63, 3.8) is 0 Å². The Balaban J connectivity index is 0.000000187. The minimum absolute atomic E-state index is 0.0588. The van der Waals surface area contributed by atoms with E-state index in [0.717, 1.165) is 53.8 Å². The fraction of sp³-hybridized carbons (Fsp3) is 0.364. The zero-order valence-electron chi connectivity index (χ0n) is 71.3. The normalized spacial score (nSPS) is 13.2. The lowest BCUT2D eigenvalue weighted by Crippen LogP contribution is -2.49. The molecular weight excluding hydrogens is 1630 g/mol. The van der Waals surface area contributed by atoms with Gasteiger partial charge in [-0.1, -0.05) is 32.4 Å². The maximum absolute atomic E-state index is 14.5. The monoisotopic (exact) mass is 1730 g/mol. The van der Waals surface area contributed by atoms with Gasteiger partial charge in [-0.05, 0) is 191 Å². The number of fused-ring (bicyclic) bond motifs is 4. The molecule has 0 spiro atoms. The van der Waals surface area contributed by atoms with Crippen molar-refractivity contribution in [2.24, 2.45) is 22.9 Å². The van der Waals surface area contributed by atoms with Crippen LogP contribution in [0.2, 0.25) is 0 Å². The molecule has 0 saturated heterocycles. The fourth-order valence-corrected chi connectivity index (χ4v) is 12.8. The van der Waals surface area contributed by atoms with E-state index in [1.807, 2.05) is 41.5 Å². The summed E-state index contributed by atoms with van der Waals surface area (Å²) in [6.07, 6.45) is 9.25. The molecule has 4 aromatic carbocycles. The number of methoxy groups -OCH3 is 1. The number of ether oxygens (including phenoxy) is 5. The average Bonchev–Trinajstić information content (AvgIpc) is 1.63. The predicted molar refractivity (Wildman–Crippen MR) is 445 cm³/mol. The fourth-order valence-electron chi connectivity index (χ4n) is 12.8. The molecule has 25 nitrogen and oxygen atoms in total. The minimum atomic E-state index is -1.33. The molecular formula is C88H101F11N16O9. The maximum Gasteiger partial charge on any atom is 0.270 e. The molecule has 4 atom stereocenters. The van der Waals surface area contributed by atoms with E-state index in [9.17, 15) is 67.5 Å². The van der Waals surface area contributed by atoms with Gasteiger partial charge in [-0.15, -0.1) is 0 Å². The summed E-state index contributed by atoms with van der Waals surface area (Å²) in [5, 5.41) is 10.9. The van der Waals surface area contributed by atoms with Gasteiger partial charge in [-0.2, -0.15) is 0 Å². The van der Waals surface area contributed by atoms with Crippen molar-refractivity contribution >= 4 is 46.2 Å². The number of benzene rings is 4. The molecule has 12 rings (SSSR count). The number of alkyl halides is 2. The van der Waals surface area contributed by atoms with Crippen molar-refractivity contribution in [3.8, 4) is 28.7 Å². The molecule has 0 aliphatic carbocycles. The highest BCUT2D eigenvalue weighted by molar-refractivity contribution is 5.97. The van der Waals surface area contributed by atoms with Crippen LogP contribution in [0.25, 0.3) is 22.6 Å². The quantitative estimate of drug-likeness (QED) is 0.0153. The number of nitrogens with one attached hydrogen (secondary N) is 4. The highest BCUT2D eigenvalue weighted by atomic mass is 19.2. The molecule has 4 amide bonds. The first-order chi connectivity index (χ1) is 58.4. The summed E-state index contributed by atoms with van der Waals surface area (Å²) in [7, 11) is 1.31. The van der Waals surface area contributed by atoms with Gasteiger partial charge in [0.1, 0.15) is 97.5 Å². The number of nitrogens with two attached hydrogens (primary N) is 4. The smallest absolute Gasteiger partial charge is 0.270 e. The molecule has 0 radical (unpaired) electrons. The Morgan fingerprint density at radius 3 is 0.927 bits per heavy atom. The molecule has 8 aromatic heterocycles. The van der Waals surface area contributed by atoms with Crippen LogP contribution in [0.3, 0.4) is 0 Å². The van der Waals surface area contributed by atoms with Gasteiger partial charge < -0.3 is 67.9 Å². The van der Waals surface area contributed by atoms with Crippen LogP contribution < -0.4 is 67.9 Å². The van der Waals surface area contributed by atoms with Crippen molar-refractivity contribution in [2.75, 3.05) is 46.6 Å². The van der Waals surface area contributed by atoms with Crippen LogP contribution in [0, 0.1) is 108 Å². The number of amides is 4. The zero-order chi connectivity index (χ0) is 91.4. The van der Waals surface area contributed by atoms with Crippen molar-refractivity contribution in [1.82, 2.24) is 58.8 Å². The van der Waals surface area contributed by atoms with Gasteiger partial charge in [0.2, 0.25) is 0 Å². The van der Waals surface area contributed by atoms with E-state index < -0.39 is 112 Å². The summed E-state index contributed by atoms with van der Waals surface area (Å²) >= 11 is 0. The third kappa shape index (κ3) is 23.1. The Labute approximate surface area is 708 Å². The zero-order valence-corrected chi connectivity index (χ0v) is 71.3. The number of carbonyl (C=O) groups excluding carboxylic acids is 4. The highest BCUT2D eigenvalue weighted by Crippen LogP contribution is 2.33. The predicted octanol–water partition coefficient (Wildman–Crippen LogP) is 14.3.